The minimum absolute atomic E-state index is 0.377. The van der Waals surface area contributed by atoms with Crippen molar-refractivity contribution in [2.45, 2.75) is 19.4 Å². The molecule has 1 heterocycles. The van der Waals surface area contributed by atoms with Gasteiger partial charge in [-0.3, -0.25) is 0 Å². The average molecular weight is 375 g/mol. The Kier molecular flexibility index (Phi) is 6.16. The number of piperidine rings is 1. The van der Waals surface area contributed by atoms with Gasteiger partial charge in [0.2, 0.25) is 10.0 Å². The zero-order chi connectivity index (χ0) is 18.4. The van der Waals surface area contributed by atoms with Crippen LogP contribution < -0.4 is 9.47 Å². The summed E-state index contributed by atoms with van der Waals surface area (Å²) < 4.78 is 36.4. The smallest absolute Gasteiger partial charge is 0.211 e. The Bertz CT molecular complexity index is 800. The van der Waals surface area contributed by atoms with Crippen LogP contribution in [0, 0.1) is 5.92 Å². The van der Waals surface area contributed by atoms with E-state index in [4.69, 9.17) is 9.47 Å². The monoisotopic (exact) mass is 375 g/mol. The summed E-state index contributed by atoms with van der Waals surface area (Å²) in [6.07, 6.45) is 2.93. The SMILES string of the molecule is CS(=O)(=O)N1CCC(COc2cccc(OCc3ccccc3)c2)CC1. The highest BCUT2D eigenvalue weighted by Crippen LogP contribution is 2.24. The highest BCUT2D eigenvalue weighted by Gasteiger charge is 2.25. The number of hydrogen-bond donors (Lipinski definition) is 0. The average Bonchev–Trinajstić information content (AvgIpc) is 2.66. The lowest BCUT2D eigenvalue weighted by molar-refractivity contribution is 0.185. The summed E-state index contributed by atoms with van der Waals surface area (Å²) in [7, 11) is -3.08. The first-order valence-electron chi connectivity index (χ1n) is 8.85. The van der Waals surface area contributed by atoms with Crippen molar-refractivity contribution in [2.24, 2.45) is 5.92 Å². The topological polar surface area (TPSA) is 55.8 Å². The van der Waals surface area contributed by atoms with E-state index in [2.05, 4.69) is 0 Å². The van der Waals surface area contributed by atoms with Crippen molar-refractivity contribution in [3.8, 4) is 11.5 Å². The second-order valence-electron chi connectivity index (χ2n) is 6.67. The quantitative estimate of drug-likeness (QED) is 0.745. The molecule has 0 aliphatic carbocycles. The minimum atomic E-state index is -3.08. The molecule has 0 unspecified atom stereocenters. The van der Waals surface area contributed by atoms with Gasteiger partial charge in [-0.25, -0.2) is 12.7 Å². The highest BCUT2D eigenvalue weighted by molar-refractivity contribution is 7.88. The van der Waals surface area contributed by atoms with Crippen LogP contribution in [0.3, 0.4) is 0 Å². The lowest BCUT2D eigenvalue weighted by Gasteiger charge is -2.30. The van der Waals surface area contributed by atoms with Gasteiger partial charge in [0.15, 0.2) is 0 Å². The van der Waals surface area contributed by atoms with Crippen LogP contribution in [0.1, 0.15) is 18.4 Å². The van der Waals surface area contributed by atoms with Crippen molar-refractivity contribution in [2.75, 3.05) is 26.0 Å². The molecule has 140 valence electrons. The second-order valence-corrected chi connectivity index (χ2v) is 8.65. The fraction of sp³-hybridized carbons (Fsp3) is 0.400. The van der Waals surface area contributed by atoms with Gasteiger partial charge in [-0.15, -0.1) is 0 Å². The fourth-order valence-electron chi connectivity index (χ4n) is 3.02. The van der Waals surface area contributed by atoms with Gasteiger partial charge < -0.3 is 9.47 Å². The lowest BCUT2D eigenvalue weighted by Crippen LogP contribution is -2.39. The number of ether oxygens (including phenoxy) is 2. The summed E-state index contributed by atoms with van der Waals surface area (Å²) in [4.78, 5) is 0. The molecule has 0 N–H and O–H groups in total. The Balaban J connectivity index is 1.47. The molecule has 2 aromatic rings. The summed E-state index contributed by atoms with van der Waals surface area (Å²) in [5.41, 5.74) is 1.12. The van der Waals surface area contributed by atoms with Crippen LogP contribution in [0.2, 0.25) is 0 Å². The maximum atomic E-state index is 11.6. The van der Waals surface area contributed by atoms with Gasteiger partial charge in [-0.2, -0.15) is 0 Å². The maximum absolute atomic E-state index is 11.6. The third-order valence-electron chi connectivity index (χ3n) is 4.58. The minimum Gasteiger partial charge on any atom is -0.493 e. The first kappa shape index (κ1) is 18.7. The Hall–Kier alpha value is -2.05. The molecule has 0 bridgehead atoms. The number of sulfonamides is 1. The highest BCUT2D eigenvalue weighted by atomic mass is 32.2. The molecule has 2 aromatic carbocycles. The molecule has 0 amide bonds. The van der Waals surface area contributed by atoms with E-state index in [-0.39, 0.29) is 0 Å². The Morgan fingerprint density at radius 3 is 2.27 bits per heavy atom. The van der Waals surface area contributed by atoms with Crippen LogP contribution in [0.5, 0.6) is 11.5 Å². The molecule has 0 radical (unpaired) electrons. The van der Waals surface area contributed by atoms with E-state index in [1.165, 1.54) is 6.26 Å². The van der Waals surface area contributed by atoms with Crippen molar-refractivity contribution < 1.29 is 17.9 Å². The van der Waals surface area contributed by atoms with E-state index < -0.39 is 10.0 Å². The number of benzene rings is 2. The molecule has 0 saturated carbocycles. The third kappa shape index (κ3) is 5.47. The van der Waals surface area contributed by atoms with Crippen molar-refractivity contribution in [1.29, 1.82) is 0 Å². The molecule has 1 fully saturated rings. The van der Waals surface area contributed by atoms with Crippen molar-refractivity contribution in [1.82, 2.24) is 4.31 Å². The van der Waals surface area contributed by atoms with Gasteiger partial charge in [-0.05, 0) is 36.5 Å². The molecule has 1 aliphatic heterocycles. The van der Waals surface area contributed by atoms with Crippen molar-refractivity contribution in [3.63, 3.8) is 0 Å². The lowest BCUT2D eigenvalue weighted by atomic mass is 9.99. The molecule has 1 aliphatic rings. The van der Waals surface area contributed by atoms with E-state index >= 15 is 0 Å². The number of rotatable bonds is 7. The summed E-state index contributed by atoms with van der Waals surface area (Å²) in [6.45, 7) is 2.27. The summed E-state index contributed by atoms with van der Waals surface area (Å²) in [5, 5.41) is 0. The molecule has 0 spiro atoms. The van der Waals surface area contributed by atoms with E-state index in [9.17, 15) is 8.42 Å². The van der Waals surface area contributed by atoms with Gasteiger partial charge in [0.25, 0.3) is 0 Å². The van der Waals surface area contributed by atoms with Gasteiger partial charge in [0.05, 0.1) is 12.9 Å². The molecule has 0 aromatic heterocycles. The zero-order valence-electron chi connectivity index (χ0n) is 15.0. The van der Waals surface area contributed by atoms with Crippen LogP contribution in [-0.4, -0.2) is 38.7 Å². The number of nitrogens with zero attached hydrogens (tertiary/aromatic N) is 1. The van der Waals surface area contributed by atoms with E-state index in [1.807, 2.05) is 54.6 Å². The maximum Gasteiger partial charge on any atom is 0.211 e. The van der Waals surface area contributed by atoms with Crippen molar-refractivity contribution >= 4 is 10.0 Å². The molecule has 0 atom stereocenters. The predicted octanol–water partition coefficient (Wildman–Crippen LogP) is 3.32. The standard InChI is InChI=1S/C20H25NO4S/c1-26(22,23)21-12-10-18(11-13-21)16-25-20-9-5-8-19(14-20)24-15-17-6-3-2-4-7-17/h2-9,14,18H,10-13,15-16H2,1H3. The largest absolute Gasteiger partial charge is 0.493 e. The molecule has 26 heavy (non-hydrogen) atoms. The zero-order valence-corrected chi connectivity index (χ0v) is 15.8. The van der Waals surface area contributed by atoms with Crippen LogP contribution >= 0.6 is 0 Å². The first-order chi connectivity index (χ1) is 12.5. The third-order valence-corrected chi connectivity index (χ3v) is 5.89. The van der Waals surface area contributed by atoms with E-state index in [0.29, 0.717) is 32.2 Å². The van der Waals surface area contributed by atoms with Crippen LogP contribution in [0.25, 0.3) is 0 Å². The summed E-state index contributed by atoms with van der Waals surface area (Å²) >= 11 is 0. The van der Waals surface area contributed by atoms with Gasteiger partial charge in [0, 0.05) is 19.2 Å². The molecule has 3 rings (SSSR count). The Labute approximate surface area is 155 Å². The Morgan fingerprint density at radius 2 is 1.62 bits per heavy atom. The molecular weight excluding hydrogens is 350 g/mol. The summed E-state index contributed by atoms with van der Waals surface area (Å²) in [6, 6.07) is 17.7. The summed E-state index contributed by atoms with van der Waals surface area (Å²) in [5.74, 6) is 1.93. The van der Waals surface area contributed by atoms with Crippen LogP contribution in [0.4, 0.5) is 0 Å². The number of hydrogen-bond acceptors (Lipinski definition) is 4. The van der Waals surface area contributed by atoms with Gasteiger partial charge in [0.1, 0.15) is 18.1 Å². The molecular formula is C20H25NO4S. The first-order valence-corrected chi connectivity index (χ1v) is 10.7. The fourth-order valence-corrected chi connectivity index (χ4v) is 3.89. The normalized spacial score (nSPS) is 16.3. The Morgan fingerprint density at radius 1 is 0.962 bits per heavy atom. The predicted molar refractivity (Wildman–Crippen MR) is 102 cm³/mol. The van der Waals surface area contributed by atoms with Gasteiger partial charge in [-0.1, -0.05) is 36.4 Å². The van der Waals surface area contributed by atoms with Gasteiger partial charge >= 0.3 is 0 Å². The van der Waals surface area contributed by atoms with E-state index in [0.717, 1.165) is 29.9 Å². The molecule has 1 saturated heterocycles. The van der Waals surface area contributed by atoms with Crippen molar-refractivity contribution in [3.05, 3.63) is 60.2 Å². The molecule has 5 nitrogen and oxygen atoms in total. The van der Waals surface area contributed by atoms with E-state index in [1.54, 1.807) is 4.31 Å². The van der Waals surface area contributed by atoms with Crippen LogP contribution in [-0.2, 0) is 16.6 Å². The second kappa shape index (κ2) is 8.56. The van der Waals surface area contributed by atoms with Crippen LogP contribution in [0.15, 0.2) is 54.6 Å². The molecule has 6 heteroatoms.